The summed E-state index contributed by atoms with van der Waals surface area (Å²) in [4.78, 5) is 33.5. The van der Waals surface area contributed by atoms with Gasteiger partial charge in [-0.1, -0.05) is 11.6 Å². The summed E-state index contributed by atoms with van der Waals surface area (Å²) in [7, 11) is 1.35. The SMILES string of the molecule is Cc1ccc(O)c(-c2cc(=O)n(C)c3c([N+](=O)[O-])cc([N+](=O)[O-])cc23)c1. The highest BCUT2D eigenvalue weighted by Gasteiger charge is 2.24. The first-order chi connectivity index (χ1) is 12.2. The first-order valence-electron chi connectivity index (χ1n) is 7.47. The lowest BCUT2D eigenvalue weighted by Gasteiger charge is -2.12. The summed E-state index contributed by atoms with van der Waals surface area (Å²) in [6.07, 6.45) is 0. The largest absolute Gasteiger partial charge is 0.507 e. The van der Waals surface area contributed by atoms with Gasteiger partial charge in [0, 0.05) is 35.7 Å². The molecular formula is C17H13N3O6. The molecule has 0 bridgehead atoms. The maximum Gasteiger partial charge on any atom is 0.300 e. The topological polar surface area (TPSA) is 129 Å². The molecule has 0 aliphatic rings. The molecule has 0 aliphatic carbocycles. The number of nitrogens with zero attached hydrogens (tertiary/aromatic N) is 3. The van der Waals surface area contributed by atoms with E-state index in [0.29, 0.717) is 0 Å². The summed E-state index contributed by atoms with van der Waals surface area (Å²) in [6.45, 7) is 1.77. The number of phenolic OH excluding ortho intramolecular Hbond substituents is 1. The Hall–Kier alpha value is -3.75. The number of rotatable bonds is 3. The van der Waals surface area contributed by atoms with Crippen LogP contribution >= 0.6 is 0 Å². The lowest BCUT2D eigenvalue weighted by molar-refractivity contribution is -0.393. The maximum atomic E-state index is 12.3. The number of nitro groups is 2. The molecule has 3 rings (SSSR count). The van der Waals surface area contributed by atoms with Crippen LogP contribution < -0.4 is 5.56 Å². The average molecular weight is 355 g/mol. The Morgan fingerprint density at radius 3 is 2.31 bits per heavy atom. The molecule has 2 aromatic carbocycles. The number of benzene rings is 2. The molecule has 1 aromatic heterocycles. The second-order valence-electron chi connectivity index (χ2n) is 5.85. The number of phenols is 1. The molecule has 0 amide bonds. The highest BCUT2D eigenvalue weighted by Crippen LogP contribution is 2.38. The van der Waals surface area contributed by atoms with Crippen LogP contribution in [0.15, 0.2) is 41.2 Å². The van der Waals surface area contributed by atoms with Crippen LogP contribution in [0, 0.1) is 27.2 Å². The zero-order chi connectivity index (χ0) is 19.2. The Kier molecular flexibility index (Phi) is 3.91. The van der Waals surface area contributed by atoms with Gasteiger partial charge < -0.3 is 9.67 Å². The molecule has 1 heterocycles. The van der Waals surface area contributed by atoms with E-state index in [2.05, 4.69) is 0 Å². The van der Waals surface area contributed by atoms with E-state index in [0.717, 1.165) is 16.2 Å². The van der Waals surface area contributed by atoms with Crippen LogP contribution in [0.25, 0.3) is 22.0 Å². The molecule has 0 aliphatic heterocycles. The van der Waals surface area contributed by atoms with Crippen molar-refractivity contribution in [2.45, 2.75) is 6.92 Å². The molecule has 0 radical (unpaired) electrons. The minimum Gasteiger partial charge on any atom is -0.507 e. The predicted molar refractivity (Wildman–Crippen MR) is 94.3 cm³/mol. The number of hydrogen-bond donors (Lipinski definition) is 1. The number of hydrogen-bond acceptors (Lipinski definition) is 6. The van der Waals surface area contributed by atoms with E-state index in [9.17, 15) is 30.1 Å². The summed E-state index contributed by atoms with van der Waals surface area (Å²) >= 11 is 0. The number of pyridine rings is 1. The Balaban J connectivity index is 2.58. The fraction of sp³-hybridized carbons (Fsp3) is 0.118. The van der Waals surface area contributed by atoms with E-state index in [4.69, 9.17) is 0 Å². The molecular weight excluding hydrogens is 342 g/mol. The third kappa shape index (κ3) is 2.65. The lowest BCUT2D eigenvalue weighted by Crippen LogP contribution is -2.17. The summed E-state index contributed by atoms with van der Waals surface area (Å²) in [6, 6.07) is 7.88. The molecule has 0 fully saturated rings. The fourth-order valence-corrected chi connectivity index (χ4v) is 2.90. The van der Waals surface area contributed by atoms with Crippen molar-refractivity contribution in [3.05, 3.63) is 72.5 Å². The standard InChI is InChI=1S/C17H13N3O6/c1-9-3-4-15(21)12(5-9)11-8-16(22)18(2)17-13(11)6-10(19(23)24)7-14(17)20(25)26/h3-8,21H,1-2H3. The Morgan fingerprint density at radius 1 is 1.00 bits per heavy atom. The van der Waals surface area contributed by atoms with Crippen LogP contribution in [-0.4, -0.2) is 19.5 Å². The number of nitro benzene ring substituents is 2. The van der Waals surface area contributed by atoms with Crippen molar-refractivity contribution in [1.29, 1.82) is 0 Å². The second kappa shape index (κ2) is 5.96. The molecule has 3 aromatic rings. The van der Waals surface area contributed by atoms with Crippen molar-refractivity contribution < 1.29 is 15.0 Å². The summed E-state index contributed by atoms with van der Waals surface area (Å²) < 4.78 is 1.06. The van der Waals surface area contributed by atoms with Gasteiger partial charge in [0.05, 0.1) is 15.9 Å². The van der Waals surface area contributed by atoms with Crippen molar-refractivity contribution in [3.63, 3.8) is 0 Å². The van der Waals surface area contributed by atoms with Gasteiger partial charge in [-0.25, -0.2) is 0 Å². The van der Waals surface area contributed by atoms with Crippen molar-refractivity contribution >= 4 is 22.3 Å². The number of non-ortho nitro benzene ring substituents is 2. The molecule has 9 nitrogen and oxygen atoms in total. The first-order valence-corrected chi connectivity index (χ1v) is 7.47. The number of aromatic hydroxyl groups is 1. The normalized spacial score (nSPS) is 10.8. The van der Waals surface area contributed by atoms with E-state index in [-0.39, 0.29) is 27.8 Å². The molecule has 0 atom stereocenters. The Bertz CT molecular complexity index is 1150. The average Bonchev–Trinajstić information content (AvgIpc) is 2.59. The van der Waals surface area contributed by atoms with E-state index in [1.54, 1.807) is 19.1 Å². The van der Waals surface area contributed by atoms with Gasteiger partial charge in [0.25, 0.3) is 16.9 Å². The first kappa shape index (κ1) is 17.1. The van der Waals surface area contributed by atoms with Gasteiger partial charge in [0.2, 0.25) is 0 Å². The quantitative estimate of drug-likeness (QED) is 0.568. The van der Waals surface area contributed by atoms with E-state index in [1.165, 1.54) is 25.2 Å². The summed E-state index contributed by atoms with van der Waals surface area (Å²) in [5.74, 6) is -0.140. The molecule has 132 valence electrons. The van der Waals surface area contributed by atoms with Gasteiger partial charge in [0.1, 0.15) is 11.3 Å². The fourth-order valence-electron chi connectivity index (χ4n) is 2.90. The summed E-state index contributed by atoms with van der Waals surface area (Å²) in [5.41, 5.74) is -0.376. The van der Waals surface area contributed by atoms with E-state index >= 15 is 0 Å². The predicted octanol–water partition coefficient (Wildman–Crippen LogP) is 3.04. The van der Waals surface area contributed by atoms with E-state index < -0.39 is 26.8 Å². The van der Waals surface area contributed by atoms with Crippen LogP contribution in [0.4, 0.5) is 11.4 Å². The molecule has 9 heteroatoms. The number of fused-ring (bicyclic) bond motifs is 1. The Morgan fingerprint density at radius 2 is 1.69 bits per heavy atom. The van der Waals surface area contributed by atoms with Crippen LogP contribution in [-0.2, 0) is 7.05 Å². The van der Waals surface area contributed by atoms with Gasteiger partial charge in [-0.05, 0) is 19.1 Å². The van der Waals surface area contributed by atoms with Gasteiger partial charge >= 0.3 is 0 Å². The van der Waals surface area contributed by atoms with Gasteiger partial charge in [0.15, 0.2) is 0 Å². The number of aromatic nitrogens is 1. The number of aryl methyl sites for hydroxylation is 2. The van der Waals surface area contributed by atoms with Gasteiger partial charge in [-0.3, -0.25) is 25.0 Å². The lowest BCUT2D eigenvalue weighted by atomic mass is 9.97. The zero-order valence-corrected chi connectivity index (χ0v) is 13.8. The molecule has 0 saturated carbocycles. The zero-order valence-electron chi connectivity index (χ0n) is 13.8. The highest BCUT2D eigenvalue weighted by atomic mass is 16.6. The van der Waals surface area contributed by atoms with Crippen molar-refractivity contribution in [3.8, 4) is 16.9 Å². The van der Waals surface area contributed by atoms with E-state index in [1.807, 2.05) is 0 Å². The monoisotopic (exact) mass is 355 g/mol. The minimum atomic E-state index is -0.769. The third-order valence-corrected chi connectivity index (χ3v) is 4.15. The Labute approximate surface area is 146 Å². The molecule has 0 spiro atoms. The van der Waals surface area contributed by atoms with Gasteiger partial charge in [-0.15, -0.1) is 0 Å². The minimum absolute atomic E-state index is 0.0518. The van der Waals surface area contributed by atoms with Gasteiger partial charge in [-0.2, -0.15) is 0 Å². The van der Waals surface area contributed by atoms with Crippen LogP contribution in [0.3, 0.4) is 0 Å². The summed E-state index contributed by atoms with van der Waals surface area (Å²) in [5, 5.41) is 33.0. The van der Waals surface area contributed by atoms with Crippen molar-refractivity contribution in [2.75, 3.05) is 0 Å². The molecule has 0 saturated heterocycles. The third-order valence-electron chi connectivity index (χ3n) is 4.15. The maximum absolute atomic E-state index is 12.3. The van der Waals surface area contributed by atoms with Crippen molar-refractivity contribution in [2.24, 2.45) is 7.05 Å². The van der Waals surface area contributed by atoms with Crippen molar-refractivity contribution in [1.82, 2.24) is 4.57 Å². The van der Waals surface area contributed by atoms with Crippen LogP contribution in [0.1, 0.15) is 5.56 Å². The highest BCUT2D eigenvalue weighted by molar-refractivity contribution is 6.01. The molecule has 26 heavy (non-hydrogen) atoms. The van der Waals surface area contributed by atoms with Crippen LogP contribution in [0.2, 0.25) is 0 Å². The molecule has 1 N–H and O–H groups in total. The smallest absolute Gasteiger partial charge is 0.300 e. The van der Waals surface area contributed by atoms with Crippen LogP contribution in [0.5, 0.6) is 5.75 Å². The second-order valence-corrected chi connectivity index (χ2v) is 5.85. The molecule has 0 unspecified atom stereocenters.